The zero-order chi connectivity index (χ0) is 9.14. The van der Waals surface area contributed by atoms with Crippen molar-refractivity contribution >= 4 is 16.9 Å². The summed E-state index contributed by atoms with van der Waals surface area (Å²) >= 11 is 0.935. The summed E-state index contributed by atoms with van der Waals surface area (Å²) in [6, 6.07) is 3.29. The summed E-state index contributed by atoms with van der Waals surface area (Å²) in [5.74, 6) is -0.707. The highest BCUT2D eigenvalue weighted by Crippen LogP contribution is 2.21. The number of thioether (sulfide) groups is 1. The van der Waals surface area contributed by atoms with Gasteiger partial charge in [-0.2, -0.15) is 0 Å². The van der Waals surface area contributed by atoms with Gasteiger partial charge < -0.3 is 5.11 Å². The maximum absolute atomic E-state index is 12.6. The minimum absolute atomic E-state index is 0.0162. The topological polar surface area (TPSA) is 37.3 Å². The zero-order valence-electron chi connectivity index (χ0n) is 6.37. The number of phenols is 1. The quantitative estimate of drug-likeness (QED) is 0.729. The number of hydrogen-bond acceptors (Lipinski definition) is 3. The van der Waals surface area contributed by atoms with Crippen molar-refractivity contribution in [3.05, 3.63) is 29.6 Å². The van der Waals surface area contributed by atoms with Crippen LogP contribution in [-0.4, -0.2) is 16.5 Å². The number of phenolic OH excluding ortho intramolecular Hbond substituents is 1. The van der Waals surface area contributed by atoms with E-state index in [0.717, 1.165) is 23.9 Å². The minimum atomic E-state index is -0.523. The van der Waals surface area contributed by atoms with Crippen LogP contribution in [0.15, 0.2) is 18.2 Å². The van der Waals surface area contributed by atoms with Crippen molar-refractivity contribution in [1.82, 2.24) is 0 Å². The van der Waals surface area contributed by atoms with E-state index in [1.165, 1.54) is 6.07 Å². The third-order valence-electron chi connectivity index (χ3n) is 1.36. The molecule has 64 valence electrons. The Balaban J connectivity index is 3.13. The Morgan fingerprint density at radius 2 is 2.25 bits per heavy atom. The molecule has 0 radical (unpaired) electrons. The molecule has 1 aromatic rings. The number of benzene rings is 1. The third kappa shape index (κ3) is 1.76. The summed E-state index contributed by atoms with van der Waals surface area (Å²) in [6.07, 6.45) is 1.58. The number of hydrogen-bond donors (Lipinski definition) is 1. The van der Waals surface area contributed by atoms with Gasteiger partial charge in [0.2, 0.25) is 5.12 Å². The first-order chi connectivity index (χ1) is 5.65. The van der Waals surface area contributed by atoms with Crippen molar-refractivity contribution in [3.63, 3.8) is 0 Å². The number of rotatable bonds is 1. The lowest BCUT2D eigenvalue weighted by molar-refractivity contribution is 0.108. The van der Waals surface area contributed by atoms with E-state index in [-0.39, 0.29) is 16.4 Å². The van der Waals surface area contributed by atoms with Crippen molar-refractivity contribution in [2.24, 2.45) is 0 Å². The number of halogens is 1. The van der Waals surface area contributed by atoms with Crippen molar-refractivity contribution in [1.29, 1.82) is 0 Å². The van der Waals surface area contributed by atoms with Crippen LogP contribution in [0.3, 0.4) is 0 Å². The highest BCUT2D eigenvalue weighted by molar-refractivity contribution is 8.13. The van der Waals surface area contributed by atoms with Gasteiger partial charge in [0.05, 0.1) is 5.56 Å². The van der Waals surface area contributed by atoms with E-state index in [4.69, 9.17) is 5.11 Å². The molecular weight excluding hydrogens is 179 g/mol. The summed E-state index contributed by atoms with van der Waals surface area (Å²) in [5, 5.41) is 8.79. The lowest BCUT2D eigenvalue weighted by Gasteiger charge is -2.00. The molecule has 0 amide bonds. The molecule has 0 spiro atoms. The molecule has 0 heterocycles. The molecule has 12 heavy (non-hydrogen) atoms. The van der Waals surface area contributed by atoms with Crippen LogP contribution < -0.4 is 0 Å². The number of aromatic hydroxyl groups is 1. The molecule has 0 bridgehead atoms. The highest BCUT2D eigenvalue weighted by Gasteiger charge is 2.10. The second kappa shape index (κ2) is 3.58. The van der Waals surface area contributed by atoms with Gasteiger partial charge in [0.1, 0.15) is 11.6 Å². The van der Waals surface area contributed by atoms with E-state index in [2.05, 4.69) is 0 Å². The molecule has 0 aliphatic rings. The first kappa shape index (κ1) is 9.06. The molecule has 0 atom stereocenters. The van der Waals surface area contributed by atoms with Gasteiger partial charge >= 0.3 is 0 Å². The zero-order valence-corrected chi connectivity index (χ0v) is 7.19. The molecule has 1 rings (SSSR count). The Kier molecular flexibility index (Phi) is 2.70. The fourth-order valence-corrected chi connectivity index (χ4v) is 1.17. The summed E-state index contributed by atoms with van der Waals surface area (Å²) in [5.41, 5.74) is 0.0162. The fourth-order valence-electron chi connectivity index (χ4n) is 0.782. The molecule has 0 aromatic heterocycles. The van der Waals surface area contributed by atoms with Crippen LogP contribution in [0, 0.1) is 5.82 Å². The molecule has 0 aliphatic carbocycles. The van der Waals surface area contributed by atoms with Gasteiger partial charge in [-0.1, -0.05) is 11.8 Å². The number of carbonyl (C=O) groups is 1. The van der Waals surface area contributed by atoms with E-state index in [1.807, 2.05) is 0 Å². The SMILES string of the molecule is CSC(=O)c1cc(F)ccc1O. The summed E-state index contributed by atoms with van der Waals surface area (Å²) in [4.78, 5) is 11.0. The monoisotopic (exact) mass is 186 g/mol. The molecule has 0 fully saturated rings. The van der Waals surface area contributed by atoms with Crippen LogP contribution in [0.5, 0.6) is 5.75 Å². The molecule has 1 N–H and O–H groups in total. The lowest BCUT2D eigenvalue weighted by Crippen LogP contribution is -1.93. The van der Waals surface area contributed by atoms with Crippen molar-refractivity contribution < 1.29 is 14.3 Å². The Hall–Kier alpha value is -1.03. The van der Waals surface area contributed by atoms with Crippen molar-refractivity contribution in [2.75, 3.05) is 6.26 Å². The third-order valence-corrected chi connectivity index (χ3v) is 1.95. The largest absolute Gasteiger partial charge is 0.507 e. The molecule has 2 nitrogen and oxygen atoms in total. The molecular formula is C8H7FO2S. The number of carbonyl (C=O) groups excluding carboxylic acids is 1. The average molecular weight is 186 g/mol. The van der Waals surface area contributed by atoms with Crippen LogP contribution in [0.4, 0.5) is 4.39 Å². The normalized spacial score (nSPS) is 9.83. The van der Waals surface area contributed by atoms with Gasteiger partial charge in [-0.05, 0) is 24.5 Å². The highest BCUT2D eigenvalue weighted by atomic mass is 32.2. The second-order valence-electron chi connectivity index (χ2n) is 2.15. The first-order valence-electron chi connectivity index (χ1n) is 3.22. The van der Waals surface area contributed by atoms with Gasteiger partial charge in [0, 0.05) is 0 Å². The molecule has 4 heteroatoms. The smallest absolute Gasteiger partial charge is 0.222 e. The molecule has 0 saturated heterocycles. The van der Waals surface area contributed by atoms with Crippen LogP contribution in [0.1, 0.15) is 10.4 Å². The molecule has 0 unspecified atom stereocenters. The maximum Gasteiger partial charge on any atom is 0.222 e. The molecule has 0 aliphatic heterocycles. The Labute approximate surface area is 73.4 Å². The van der Waals surface area contributed by atoms with Crippen molar-refractivity contribution in [2.45, 2.75) is 0 Å². The van der Waals surface area contributed by atoms with E-state index in [1.54, 1.807) is 6.26 Å². The van der Waals surface area contributed by atoms with Gasteiger partial charge in [0.15, 0.2) is 0 Å². The average Bonchev–Trinajstić information content (AvgIpc) is 2.08. The predicted octanol–water partition coefficient (Wildman–Crippen LogP) is 2.03. The Morgan fingerprint density at radius 3 is 2.83 bits per heavy atom. The van der Waals surface area contributed by atoms with Crippen molar-refractivity contribution in [3.8, 4) is 5.75 Å². The Morgan fingerprint density at radius 1 is 1.58 bits per heavy atom. The summed E-state index contributed by atoms with van der Waals surface area (Å²) in [6.45, 7) is 0. The van der Waals surface area contributed by atoms with Gasteiger partial charge in [-0.3, -0.25) is 4.79 Å². The van der Waals surface area contributed by atoms with Crippen LogP contribution in [0.2, 0.25) is 0 Å². The maximum atomic E-state index is 12.6. The van der Waals surface area contributed by atoms with Crippen LogP contribution >= 0.6 is 11.8 Å². The standard InChI is InChI=1S/C8H7FO2S/c1-12-8(11)6-4-5(9)2-3-7(6)10/h2-4,10H,1H3. The summed E-state index contributed by atoms with van der Waals surface area (Å²) < 4.78 is 12.6. The fraction of sp³-hybridized carbons (Fsp3) is 0.125. The minimum Gasteiger partial charge on any atom is -0.507 e. The van der Waals surface area contributed by atoms with Crippen LogP contribution in [-0.2, 0) is 0 Å². The first-order valence-corrected chi connectivity index (χ1v) is 4.44. The molecule has 1 aromatic carbocycles. The lowest BCUT2D eigenvalue weighted by atomic mass is 10.2. The molecule has 0 saturated carbocycles. The van der Waals surface area contributed by atoms with Crippen LogP contribution in [0.25, 0.3) is 0 Å². The van der Waals surface area contributed by atoms with E-state index < -0.39 is 5.82 Å². The van der Waals surface area contributed by atoms with Gasteiger partial charge in [-0.25, -0.2) is 4.39 Å². The van der Waals surface area contributed by atoms with E-state index >= 15 is 0 Å². The predicted molar refractivity (Wildman–Crippen MR) is 45.9 cm³/mol. The second-order valence-corrected chi connectivity index (χ2v) is 2.93. The van der Waals surface area contributed by atoms with E-state index in [9.17, 15) is 9.18 Å². The summed E-state index contributed by atoms with van der Waals surface area (Å²) in [7, 11) is 0. The van der Waals surface area contributed by atoms with E-state index in [0.29, 0.717) is 0 Å². The Bertz CT molecular complexity index is 312. The van der Waals surface area contributed by atoms with Gasteiger partial charge in [-0.15, -0.1) is 0 Å². The van der Waals surface area contributed by atoms with Gasteiger partial charge in [0.25, 0.3) is 0 Å².